The van der Waals surface area contributed by atoms with Gasteiger partial charge in [-0.25, -0.2) is 0 Å². The number of rotatable bonds is 5. The van der Waals surface area contributed by atoms with Gasteiger partial charge in [0.25, 0.3) is 0 Å². The maximum absolute atomic E-state index is 11.7. The van der Waals surface area contributed by atoms with Crippen LogP contribution in [0.15, 0.2) is 12.1 Å². The zero-order valence-electron chi connectivity index (χ0n) is 9.40. The molecule has 88 valence electrons. The molecule has 0 N–H and O–H groups in total. The summed E-state index contributed by atoms with van der Waals surface area (Å²) in [7, 11) is 0. The fourth-order valence-electron chi connectivity index (χ4n) is 1.71. The van der Waals surface area contributed by atoms with Crippen molar-refractivity contribution in [3.05, 3.63) is 21.9 Å². The average molecular weight is 240 g/mol. The third-order valence-corrected chi connectivity index (χ3v) is 3.62. The number of ether oxygens (including phenoxy) is 2. The maximum atomic E-state index is 11.7. The van der Waals surface area contributed by atoms with Crippen LogP contribution in [0.2, 0.25) is 0 Å². The van der Waals surface area contributed by atoms with Crippen molar-refractivity contribution in [1.82, 2.24) is 0 Å². The molecular formula is C12H16O3S. The molecule has 16 heavy (non-hydrogen) atoms. The third kappa shape index (κ3) is 3.14. The molecule has 1 fully saturated rings. The van der Waals surface area contributed by atoms with Crippen molar-refractivity contribution < 1.29 is 14.3 Å². The Morgan fingerprint density at radius 1 is 1.62 bits per heavy atom. The lowest BCUT2D eigenvalue weighted by Crippen LogP contribution is -2.17. The molecule has 1 unspecified atom stereocenters. The van der Waals surface area contributed by atoms with Crippen LogP contribution in [0.5, 0.6) is 0 Å². The summed E-state index contributed by atoms with van der Waals surface area (Å²) < 4.78 is 10.8. The van der Waals surface area contributed by atoms with Gasteiger partial charge in [-0.1, -0.05) is 0 Å². The molecule has 0 aromatic carbocycles. The topological polar surface area (TPSA) is 35.5 Å². The van der Waals surface area contributed by atoms with Gasteiger partial charge in [0.15, 0.2) is 5.78 Å². The lowest BCUT2D eigenvalue weighted by atomic mass is 10.2. The molecule has 1 aromatic rings. The maximum Gasteiger partial charge on any atom is 0.198 e. The number of hydrogen-bond donors (Lipinski definition) is 0. The van der Waals surface area contributed by atoms with E-state index in [1.54, 1.807) is 0 Å². The molecule has 1 aliphatic heterocycles. The first-order valence-corrected chi connectivity index (χ1v) is 6.36. The van der Waals surface area contributed by atoms with Gasteiger partial charge in [-0.3, -0.25) is 4.79 Å². The summed E-state index contributed by atoms with van der Waals surface area (Å²) in [6.45, 7) is 3.52. The lowest BCUT2D eigenvalue weighted by Gasteiger charge is -2.08. The standard InChI is InChI=1S/C12H16O3S/c1-9-4-5-12(16-9)11(13)8-14-7-10-3-2-6-15-10/h4-5,10H,2-3,6-8H2,1H3. The second-order valence-electron chi connectivity index (χ2n) is 3.98. The molecule has 0 radical (unpaired) electrons. The van der Waals surface area contributed by atoms with Crippen molar-refractivity contribution in [2.75, 3.05) is 19.8 Å². The number of thiophene rings is 1. The summed E-state index contributed by atoms with van der Waals surface area (Å²) >= 11 is 1.52. The number of aryl methyl sites for hydroxylation is 1. The summed E-state index contributed by atoms with van der Waals surface area (Å²) in [5, 5.41) is 0. The second kappa shape index (κ2) is 5.57. The molecule has 4 heteroatoms. The van der Waals surface area contributed by atoms with Crippen LogP contribution in [0, 0.1) is 6.92 Å². The highest BCUT2D eigenvalue weighted by Gasteiger charge is 2.16. The van der Waals surface area contributed by atoms with Gasteiger partial charge in [-0.05, 0) is 31.9 Å². The Kier molecular flexibility index (Phi) is 4.09. The van der Waals surface area contributed by atoms with Gasteiger partial charge in [-0.15, -0.1) is 11.3 Å². The monoisotopic (exact) mass is 240 g/mol. The fourth-order valence-corrected chi connectivity index (χ4v) is 2.51. The minimum absolute atomic E-state index is 0.0658. The lowest BCUT2D eigenvalue weighted by molar-refractivity contribution is 0.0191. The zero-order chi connectivity index (χ0) is 11.4. The first-order valence-electron chi connectivity index (χ1n) is 5.54. The molecule has 1 saturated heterocycles. The van der Waals surface area contributed by atoms with Gasteiger partial charge in [0.2, 0.25) is 0 Å². The van der Waals surface area contributed by atoms with Crippen LogP contribution in [0.4, 0.5) is 0 Å². The largest absolute Gasteiger partial charge is 0.376 e. The molecule has 0 amide bonds. The number of carbonyl (C=O) groups excluding carboxylic acids is 1. The molecule has 0 spiro atoms. The Labute approximate surface area is 99.4 Å². The van der Waals surface area contributed by atoms with Crippen LogP contribution in [-0.4, -0.2) is 31.7 Å². The molecule has 1 aliphatic rings. The molecule has 1 aromatic heterocycles. The minimum atomic E-state index is 0.0658. The molecular weight excluding hydrogens is 224 g/mol. The summed E-state index contributed by atoms with van der Waals surface area (Å²) in [6, 6.07) is 3.82. The first kappa shape index (κ1) is 11.8. The van der Waals surface area contributed by atoms with Gasteiger partial charge in [0.05, 0.1) is 17.6 Å². The van der Waals surface area contributed by atoms with E-state index in [4.69, 9.17) is 9.47 Å². The van der Waals surface area contributed by atoms with E-state index in [0.29, 0.717) is 6.61 Å². The van der Waals surface area contributed by atoms with Crippen molar-refractivity contribution in [2.45, 2.75) is 25.9 Å². The highest BCUT2D eigenvalue weighted by atomic mass is 32.1. The van der Waals surface area contributed by atoms with Gasteiger partial charge >= 0.3 is 0 Å². The Balaban J connectivity index is 1.71. The second-order valence-corrected chi connectivity index (χ2v) is 5.27. The Morgan fingerprint density at radius 2 is 2.50 bits per heavy atom. The fraction of sp³-hybridized carbons (Fsp3) is 0.583. The van der Waals surface area contributed by atoms with Crippen molar-refractivity contribution in [2.24, 2.45) is 0 Å². The molecule has 2 heterocycles. The van der Waals surface area contributed by atoms with Crippen LogP contribution in [0.1, 0.15) is 27.4 Å². The number of Topliss-reactive ketones (excluding diaryl/α,β-unsaturated/α-hetero) is 1. The minimum Gasteiger partial charge on any atom is -0.376 e. The van der Waals surface area contributed by atoms with Crippen LogP contribution >= 0.6 is 11.3 Å². The van der Waals surface area contributed by atoms with E-state index in [0.717, 1.165) is 29.2 Å². The van der Waals surface area contributed by atoms with Gasteiger partial charge in [-0.2, -0.15) is 0 Å². The van der Waals surface area contributed by atoms with Crippen LogP contribution in [0.25, 0.3) is 0 Å². The Hall–Kier alpha value is -0.710. The molecule has 2 rings (SSSR count). The van der Waals surface area contributed by atoms with Crippen molar-refractivity contribution >= 4 is 17.1 Å². The quantitative estimate of drug-likeness (QED) is 0.741. The van der Waals surface area contributed by atoms with Crippen LogP contribution in [0.3, 0.4) is 0 Å². The van der Waals surface area contributed by atoms with E-state index in [1.165, 1.54) is 11.3 Å². The highest BCUT2D eigenvalue weighted by Crippen LogP contribution is 2.16. The molecule has 1 atom stereocenters. The average Bonchev–Trinajstić information content (AvgIpc) is 2.89. The van der Waals surface area contributed by atoms with Gasteiger partial charge in [0, 0.05) is 11.5 Å². The van der Waals surface area contributed by atoms with Crippen LogP contribution < -0.4 is 0 Å². The number of hydrogen-bond acceptors (Lipinski definition) is 4. The summed E-state index contributed by atoms with van der Waals surface area (Å²) in [5.74, 6) is 0.0658. The van der Waals surface area contributed by atoms with E-state index >= 15 is 0 Å². The van der Waals surface area contributed by atoms with Gasteiger partial charge in [0.1, 0.15) is 6.61 Å². The van der Waals surface area contributed by atoms with E-state index in [1.807, 2.05) is 19.1 Å². The Bertz CT molecular complexity index is 353. The Morgan fingerprint density at radius 3 is 3.12 bits per heavy atom. The SMILES string of the molecule is Cc1ccc(C(=O)COCC2CCCO2)s1. The molecule has 3 nitrogen and oxygen atoms in total. The van der Waals surface area contributed by atoms with E-state index in [2.05, 4.69) is 0 Å². The number of ketones is 1. The van der Waals surface area contributed by atoms with E-state index in [9.17, 15) is 4.79 Å². The zero-order valence-corrected chi connectivity index (χ0v) is 10.2. The predicted octanol–water partition coefficient (Wildman–Crippen LogP) is 2.43. The van der Waals surface area contributed by atoms with Crippen molar-refractivity contribution in [1.29, 1.82) is 0 Å². The summed E-state index contributed by atoms with van der Waals surface area (Å²) in [6.07, 6.45) is 2.34. The first-order chi connectivity index (χ1) is 7.75. The highest BCUT2D eigenvalue weighted by molar-refractivity contribution is 7.14. The summed E-state index contributed by atoms with van der Waals surface area (Å²) in [4.78, 5) is 13.6. The van der Waals surface area contributed by atoms with Crippen molar-refractivity contribution in [3.8, 4) is 0 Å². The normalized spacial score (nSPS) is 20.2. The number of carbonyl (C=O) groups is 1. The van der Waals surface area contributed by atoms with Crippen molar-refractivity contribution in [3.63, 3.8) is 0 Å². The van der Waals surface area contributed by atoms with E-state index < -0.39 is 0 Å². The summed E-state index contributed by atoms with van der Waals surface area (Å²) in [5.41, 5.74) is 0. The van der Waals surface area contributed by atoms with Crippen LogP contribution in [-0.2, 0) is 9.47 Å². The molecule has 0 aliphatic carbocycles. The predicted molar refractivity (Wildman–Crippen MR) is 63.2 cm³/mol. The smallest absolute Gasteiger partial charge is 0.198 e. The molecule has 0 bridgehead atoms. The van der Waals surface area contributed by atoms with Gasteiger partial charge < -0.3 is 9.47 Å². The van der Waals surface area contributed by atoms with E-state index in [-0.39, 0.29) is 18.5 Å². The third-order valence-electron chi connectivity index (χ3n) is 2.58. The molecule has 0 saturated carbocycles.